The standard InChI is InChI=1S/C21H22F3N5O3/c1-4-29-13(3)17(12(2)26-29)20(30)28-8-9-31-16(11-28)19-25-18(27-32-19)14-6-5-7-15(10-14)21(22,23)24/h5-7,10,16H,4,8-9,11H2,1-3H3/t16-/m1/s1. The van der Waals surface area contributed by atoms with Crippen molar-refractivity contribution < 1.29 is 27.2 Å². The maximum atomic E-state index is 13.1. The van der Waals surface area contributed by atoms with Crippen LogP contribution in [-0.4, -0.2) is 50.4 Å². The molecule has 0 unspecified atom stereocenters. The second-order valence-corrected chi connectivity index (χ2v) is 7.51. The number of halogens is 3. The van der Waals surface area contributed by atoms with Crippen molar-refractivity contribution in [3.8, 4) is 11.4 Å². The lowest BCUT2D eigenvalue weighted by Gasteiger charge is -2.31. The molecule has 32 heavy (non-hydrogen) atoms. The Hall–Kier alpha value is -3.21. The molecule has 1 aromatic carbocycles. The van der Waals surface area contributed by atoms with E-state index in [-0.39, 0.29) is 36.3 Å². The summed E-state index contributed by atoms with van der Waals surface area (Å²) in [5.41, 5.74) is 1.38. The summed E-state index contributed by atoms with van der Waals surface area (Å²) in [6.45, 7) is 7.09. The Morgan fingerprint density at radius 1 is 1.28 bits per heavy atom. The molecule has 1 aliphatic heterocycles. The number of alkyl halides is 3. The topological polar surface area (TPSA) is 86.3 Å². The first kappa shape index (κ1) is 22.0. The van der Waals surface area contributed by atoms with Crippen molar-refractivity contribution in [2.45, 2.75) is 39.6 Å². The summed E-state index contributed by atoms with van der Waals surface area (Å²) in [6, 6.07) is 4.69. The molecule has 3 aromatic rings. The monoisotopic (exact) mass is 449 g/mol. The molecule has 1 aliphatic rings. The third kappa shape index (κ3) is 4.12. The van der Waals surface area contributed by atoms with Gasteiger partial charge in [-0.25, -0.2) is 0 Å². The molecule has 4 rings (SSSR count). The van der Waals surface area contributed by atoms with E-state index in [9.17, 15) is 18.0 Å². The highest BCUT2D eigenvalue weighted by Crippen LogP contribution is 2.32. The molecule has 0 saturated carbocycles. The van der Waals surface area contributed by atoms with Crippen LogP contribution in [0.2, 0.25) is 0 Å². The van der Waals surface area contributed by atoms with E-state index < -0.39 is 17.8 Å². The highest BCUT2D eigenvalue weighted by Gasteiger charge is 2.33. The Morgan fingerprint density at radius 2 is 2.06 bits per heavy atom. The van der Waals surface area contributed by atoms with Crippen LogP contribution in [0.3, 0.4) is 0 Å². The van der Waals surface area contributed by atoms with Crippen LogP contribution in [0.25, 0.3) is 11.4 Å². The summed E-state index contributed by atoms with van der Waals surface area (Å²) >= 11 is 0. The second-order valence-electron chi connectivity index (χ2n) is 7.51. The number of rotatable bonds is 4. The van der Waals surface area contributed by atoms with Gasteiger partial charge in [-0.1, -0.05) is 17.3 Å². The Balaban J connectivity index is 1.53. The fourth-order valence-corrected chi connectivity index (χ4v) is 3.77. The molecule has 1 amide bonds. The van der Waals surface area contributed by atoms with Crippen molar-refractivity contribution in [1.82, 2.24) is 24.8 Å². The van der Waals surface area contributed by atoms with Crippen molar-refractivity contribution in [3.63, 3.8) is 0 Å². The fourth-order valence-electron chi connectivity index (χ4n) is 3.77. The van der Waals surface area contributed by atoms with E-state index in [2.05, 4.69) is 15.2 Å². The first-order valence-electron chi connectivity index (χ1n) is 10.1. The van der Waals surface area contributed by atoms with Gasteiger partial charge in [0.1, 0.15) is 0 Å². The Kier molecular flexibility index (Phi) is 5.76. The number of amides is 1. The minimum absolute atomic E-state index is 0.0223. The van der Waals surface area contributed by atoms with E-state index in [1.807, 2.05) is 13.8 Å². The summed E-state index contributed by atoms with van der Waals surface area (Å²) in [5, 5.41) is 8.21. The zero-order chi connectivity index (χ0) is 23.0. The maximum absolute atomic E-state index is 13.1. The average molecular weight is 449 g/mol. The van der Waals surface area contributed by atoms with E-state index in [0.29, 0.717) is 24.3 Å². The number of carbonyl (C=O) groups excluding carboxylic acids is 1. The maximum Gasteiger partial charge on any atom is 0.416 e. The minimum Gasteiger partial charge on any atom is -0.365 e. The van der Waals surface area contributed by atoms with E-state index in [0.717, 1.165) is 17.8 Å². The Morgan fingerprint density at radius 3 is 2.75 bits per heavy atom. The molecule has 0 bridgehead atoms. The molecule has 1 saturated heterocycles. The van der Waals surface area contributed by atoms with Gasteiger partial charge in [0.05, 0.1) is 30.0 Å². The quantitative estimate of drug-likeness (QED) is 0.602. The van der Waals surface area contributed by atoms with Gasteiger partial charge in [-0.3, -0.25) is 9.48 Å². The first-order chi connectivity index (χ1) is 15.2. The van der Waals surface area contributed by atoms with Crippen LogP contribution in [0.15, 0.2) is 28.8 Å². The van der Waals surface area contributed by atoms with Crippen LogP contribution in [0.1, 0.15) is 46.2 Å². The van der Waals surface area contributed by atoms with Gasteiger partial charge in [0, 0.05) is 24.3 Å². The third-order valence-electron chi connectivity index (χ3n) is 5.41. The van der Waals surface area contributed by atoms with Gasteiger partial charge in [-0.05, 0) is 32.9 Å². The molecule has 0 aliphatic carbocycles. The molecule has 0 spiro atoms. The van der Waals surface area contributed by atoms with Crippen LogP contribution in [0, 0.1) is 13.8 Å². The molecule has 0 radical (unpaired) electrons. The molecular weight excluding hydrogens is 427 g/mol. The number of morpholine rings is 1. The van der Waals surface area contributed by atoms with Gasteiger partial charge < -0.3 is 14.2 Å². The molecule has 170 valence electrons. The molecule has 11 heteroatoms. The molecule has 1 atom stereocenters. The lowest BCUT2D eigenvalue weighted by atomic mass is 10.1. The molecule has 8 nitrogen and oxygen atoms in total. The smallest absolute Gasteiger partial charge is 0.365 e. The average Bonchev–Trinajstić information content (AvgIpc) is 3.37. The predicted octanol–water partition coefficient (Wildman–Crippen LogP) is 3.80. The van der Waals surface area contributed by atoms with Crippen LogP contribution >= 0.6 is 0 Å². The van der Waals surface area contributed by atoms with Crippen LogP contribution in [0.5, 0.6) is 0 Å². The molecule has 3 heterocycles. The number of ether oxygens (including phenoxy) is 1. The van der Waals surface area contributed by atoms with Crippen molar-refractivity contribution in [2.75, 3.05) is 19.7 Å². The van der Waals surface area contributed by atoms with Gasteiger partial charge >= 0.3 is 6.18 Å². The van der Waals surface area contributed by atoms with Crippen molar-refractivity contribution in [2.24, 2.45) is 0 Å². The summed E-state index contributed by atoms with van der Waals surface area (Å²) < 4.78 is 51.7. The third-order valence-corrected chi connectivity index (χ3v) is 5.41. The predicted molar refractivity (Wildman–Crippen MR) is 107 cm³/mol. The van der Waals surface area contributed by atoms with Gasteiger partial charge in [-0.15, -0.1) is 0 Å². The van der Waals surface area contributed by atoms with E-state index in [4.69, 9.17) is 9.26 Å². The van der Waals surface area contributed by atoms with Crippen LogP contribution < -0.4 is 0 Å². The van der Waals surface area contributed by atoms with E-state index in [1.165, 1.54) is 12.1 Å². The molecule has 1 fully saturated rings. The van der Waals surface area contributed by atoms with Crippen LogP contribution in [0.4, 0.5) is 13.2 Å². The van der Waals surface area contributed by atoms with E-state index in [1.54, 1.807) is 16.5 Å². The van der Waals surface area contributed by atoms with Gasteiger partial charge in [0.25, 0.3) is 11.8 Å². The lowest BCUT2D eigenvalue weighted by molar-refractivity contribution is -0.137. The number of nitrogens with zero attached hydrogens (tertiary/aromatic N) is 5. The van der Waals surface area contributed by atoms with Crippen molar-refractivity contribution >= 4 is 5.91 Å². The van der Waals surface area contributed by atoms with Crippen molar-refractivity contribution in [3.05, 3.63) is 52.7 Å². The normalized spacial score (nSPS) is 17.1. The highest BCUT2D eigenvalue weighted by atomic mass is 19.4. The van der Waals surface area contributed by atoms with Gasteiger partial charge in [-0.2, -0.15) is 23.3 Å². The first-order valence-corrected chi connectivity index (χ1v) is 10.1. The van der Waals surface area contributed by atoms with Crippen molar-refractivity contribution in [1.29, 1.82) is 0 Å². The Labute approximate surface area is 182 Å². The number of hydrogen-bond donors (Lipinski definition) is 0. The summed E-state index contributed by atoms with van der Waals surface area (Å²) in [4.78, 5) is 19.0. The zero-order valence-electron chi connectivity index (χ0n) is 17.8. The summed E-state index contributed by atoms with van der Waals surface area (Å²) in [6.07, 6.45) is -5.15. The summed E-state index contributed by atoms with van der Waals surface area (Å²) in [7, 11) is 0. The number of benzene rings is 1. The second kappa shape index (κ2) is 8.38. The van der Waals surface area contributed by atoms with Gasteiger partial charge in [0.15, 0.2) is 6.10 Å². The lowest BCUT2D eigenvalue weighted by Crippen LogP contribution is -2.42. The molecular formula is C21H22F3N5O3. The number of hydrogen-bond acceptors (Lipinski definition) is 6. The number of carbonyl (C=O) groups is 1. The SMILES string of the molecule is CCn1nc(C)c(C(=O)N2CCO[C@@H](c3nc(-c4cccc(C(F)(F)F)c4)no3)C2)c1C. The molecule has 2 aromatic heterocycles. The van der Waals surface area contributed by atoms with Crippen LogP contribution in [-0.2, 0) is 17.5 Å². The molecule has 0 N–H and O–H groups in total. The summed E-state index contributed by atoms with van der Waals surface area (Å²) in [5.74, 6) is -0.0349. The zero-order valence-corrected chi connectivity index (χ0v) is 17.8. The largest absolute Gasteiger partial charge is 0.416 e. The minimum atomic E-state index is -4.47. The fraction of sp³-hybridized carbons (Fsp3) is 0.429. The highest BCUT2D eigenvalue weighted by molar-refractivity contribution is 5.96. The van der Waals surface area contributed by atoms with Gasteiger partial charge in [0.2, 0.25) is 5.82 Å². The number of aromatic nitrogens is 4. The Bertz CT molecular complexity index is 1140. The number of aryl methyl sites for hydroxylation is 2. The van der Waals surface area contributed by atoms with E-state index >= 15 is 0 Å².